The van der Waals surface area contributed by atoms with Crippen molar-refractivity contribution in [2.75, 3.05) is 13.6 Å². The third kappa shape index (κ3) is 3.29. The van der Waals surface area contributed by atoms with Gasteiger partial charge in [0.15, 0.2) is 0 Å². The number of furan rings is 1. The second-order valence-corrected chi connectivity index (χ2v) is 5.28. The Morgan fingerprint density at radius 3 is 3.00 bits per heavy atom. The SMILES string of the molecule is Cc1occc1CN(C)C(=O)c1csc(C#CCN)c1. The molecule has 0 atom stereocenters. The number of amides is 1. The average Bonchev–Trinajstić information content (AvgIpc) is 3.05. The van der Waals surface area contributed by atoms with Crippen molar-refractivity contribution in [3.8, 4) is 11.8 Å². The predicted molar refractivity (Wildman–Crippen MR) is 79.5 cm³/mol. The van der Waals surface area contributed by atoms with E-state index in [0.29, 0.717) is 18.7 Å². The maximum atomic E-state index is 12.3. The van der Waals surface area contributed by atoms with E-state index >= 15 is 0 Å². The number of hydrogen-bond donors (Lipinski definition) is 1. The Kier molecular flexibility index (Phi) is 4.61. The van der Waals surface area contributed by atoms with Gasteiger partial charge < -0.3 is 15.1 Å². The van der Waals surface area contributed by atoms with Gasteiger partial charge in [-0.05, 0) is 19.1 Å². The molecule has 2 N–H and O–H groups in total. The van der Waals surface area contributed by atoms with Crippen molar-refractivity contribution >= 4 is 17.2 Å². The molecule has 0 fully saturated rings. The highest BCUT2D eigenvalue weighted by molar-refractivity contribution is 7.10. The highest BCUT2D eigenvalue weighted by Crippen LogP contribution is 2.17. The lowest BCUT2D eigenvalue weighted by molar-refractivity contribution is 0.0785. The van der Waals surface area contributed by atoms with Crippen LogP contribution in [0.15, 0.2) is 28.2 Å². The van der Waals surface area contributed by atoms with E-state index < -0.39 is 0 Å². The highest BCUT2D eigenvalue weighted by Gasteiger charge is 2.15. The number of nitrogens with two attached hydrogens (primary N) is 1. The molecule has 2 rings (SSSR count). The summed E-state index contributed by atoms with van der Waals surface area (Å²) in [7, 11) is 1.78. The molecule has 2 aromatic heterocycles. The first-order chi connectivity index (χ1) is 9.61. The van der Waals surface area contributed by atoms with E-state index in [2.05, 4.69) is 11.8 Å². The summed E-state index contributed by atoms with van der Waals surface area (Å²) in [5.74, 6) is 6.52. The maximum Gasteiger partial charge on any atom is 0.254 e. The van der Waals surface area contributed by atoms with Gasteiger partial charge in [-0.15, -0.1) is 11.3 Å². The van der Waals surface area contributed by atoms with E-state index in [4.69, 9.17) is 10.2 Å². The van der Waals surface area contributed by atoms with Crippen LogP contribution in [0, 0.1) is 18.8 Å². The lowest BCUT2D eigenvalue weighted by Gasteiger charge is -2.15. The zero-order valence-electron chi connectivity index (χ0n) is 11.5. The zero-order valence-corrected chi connectivity index (χ0v) is 12.3. The van der Waals surface area contributed by atoms with Gasteiger partial charge >= 0.3 is 0 Å². The Hall–Kier alpha value is -2.03. The molecule has 0 aliphatic rings. The minimum absolute atomic E-state index is 0.0253. The van der Waals surface area contributed by atoms with Gasteiger partial charge in [-0.1, -0.05) is 11.8 Å². The van der Waals surface area contributed by atoms with Gasteiger partial charge in [0, 0.05) is 24.5 Å². The molecule has 104 valence electrons. The Bertz CT molecular complexity index is 661. The Balaban J connectivity index is 2.07. The summed E-state index contributed by atoms with van der Waals surface area (Å²) in [6.45, 7) is 2.74. The van der Waals surface area contributed by atoms with E-state index in [0.717, 1.165) is 16.2 Å². The van der Waals surface area contributed by atoms with Crippen molar-refractivity contribution in [3.05, 3.63) is 45.5 Å². The molecule has 0 aromatic carbocycles. The van der Waals surface area contributed by atoms with Crippen LogP contribution in [0.5, 0.6) is 0 Å². The van der Waals surface area contributed by atoms with E-state index in [1.165, 1.54) is 11.3 Å². The van der Waals surface area contributed by atoms with Crippen LogP contribution in [0.2, 0.25) is 0 Å². The fourth-order valence-corrected chi connectivity index (χ4v) is 2.52. The van der Waals surface area contributed by atoms with E-state index in [9.17, 15) is 4.79 Å². The summed E-state index contributed by atoms with van der Waals surface area (Å²) < 4.78 is 5.23. The van der Waals surface area contributed by atoms with Crippen LogP contribution in [0.25, 0.3) is 0 Å². The van der Waals surface area contributed by atoms with Crippen molar-refractivity contribution in [3.63, 3.8) is 0 Å². The largest absolute Gasteiger partial charge is 0.469 e. The Morgan fingerprint density at radius 2 is 2.35 bits per heavy atom. The predicted octanol–water partition coefficient (Wildman–Crippen LogP) is 2.23. The number of nitrogens with zero attached hydrogens (tertiary/aromatic N) is 1. The molecule has 2 aromatic rings. The van der Waals surface area contributed by atoms with Gasteiger partial charge in [0.25, 0.3) is 5.91 Å². The smallest absolute Gasteiger partial charge is 0.254 e. The van der Waals surface area contributed by atoms with E-state index in [-0.39, 0.29) is 5.91 Å². The summed E-state index contributed by atoms with van der Waals surface area (Å²) in [5.41, 5.74) is 6.99. The van der Waals surface area contributed by atoms with Crippen LogP contribution in [0.3, 0.4) is 0 Å². The molecular weight excluding hydrogens is 272 g/mol. The molecule has 0 aliphatic heterocycles. The number of carbonyl (C=O) groups excluding carboxylic acids is 1. The zero-order chi connectivity index (χ0) is 14.5. The molecule has 0 spiro atoms. The molecule has 0 saturated carbocycles. The monoisotopic (exact) mass is 288 g/mol. The third-order valence-corrected chi connectivity index (χ3v) is 3.73. The summed E-state index contributed by atoms with van der Waals surface area (Å²) in [4.78, 5) is 14.8. The van der Waals surface area contributed by atoms with Crippen LogP contribution >= 0.6 is 11.3 Å². The quantitative estimate of drug-likeness (QED) is 0.881. The molecule has 0 bridgehead atoms. The fraction of sp³-hybridized carbons (Fsp3) is 0.267. The minimum Gasteiger partial charge on any atom is -0.469 e. The molecule has 0 saturated heterocycles. The molecule has 20 heavy (non-hydrogen) atoms. The first-order valence-corrected chi connectivity index (χ1v) is 7.05. The summed E-state index contributed by atoms with van der Waals surface area (Å²) >= 11 is 1.45. The van der Waals surface area contributed by atoms with Crippen molar-refractivity contribution in [1.82, 2.24) is 4.90 Å². The lowest BCUT2D eigenvalue weighted by atomic mass is 10.2. The van der Waals surface area contributed by atoms with Crippen LogP contribution < -0.4 is 5.73 Å². The first kappa shape index (κ1) is 14.4. The number of thiophene rings is 1. The summed E-state index contributed by atoms with van der Waals surface area (Å²) in [6, 6.07) is 3.68. The Morgan fingerprint density at radius 1 is 1.55 bits per heavy atom. The van der Waals surface area contributed by atoms with Gasteiger partial charge in [0.1, 0.15) is 5.76 Å². The van der Waals surface area contributed by atoms with Gasteiger partial charge in [-0.25, -0.2) is 0 Å². The second kappa shape index (κ2) is 6.42. The van der Waals surface area contributed by atoms with Crippen molar-refractivity contribution in [2.45, 2.75) is 13.5 Å². The minimum atomic E-state index is -0.0253. The molecule has 0 radical (unpaired) electrons. The normalized spacial score (nSPS) is 9.95. The third-order valence-electron chi connectivity index (χ3n) is 2.88. The van der Waals surface area contributed by atoms with Gasteiger partial charge in [0.05, 0.1) is 23.2 Å². The molecule has 0 aliphatic carbocycles. The topological polar surface area (TPSA) is 59.5 Å². The van der Waals surface area contributed by atoms with Crippen molar-refractivity contribution in [2.24, 2.45) is 5.73 Å². The summed E-state index contributed by atoms with van der Waals surface area (Å²) in [6.07, 6.45) is 1.63. The number of hydrogen-bond acceptors (Lipinski definition) is 4. The molecule has 0 unspecified atom stereocenters. The van der Waals surface area contributed by atoms with Crippen LogP contribution in [-0.4, -0.2) is 24.4 Å². The standard InChI is InChI=1S/C15H16N2O2S/c1-11-12(5-7-19-11)9-17(2)15(18)13-8-14(20-10-13)4-3-6-16/h5,7-8,10H,6,9,16H2,1-2H3. The van der Waals surface area contributed by atoms with E-state index in [1.54, 1.807) is 24.3 Å². The maximum absolute atomic E-state index is 12.3. The number of rotatable bonds is 3. The van der Waals surface area contributed by atoms with Crippen LogP contribution in [0.1, 0.15) is 26.6 Å². The fourth-order valence-electron chi connectivity index (χ4n) is 1.78. The van der Waals surface area contributed by atoms with Gasteiger partial charge in [0.2, 0.25) is 0 Å². The van der Waals surface area contributed by atoms with Crippen molar-refractivity contribution < 1.29 is 9.21 Å². The van der Waals surface area contributed by atoms with Gasteiger partial charge in [-0.3, -0.25) is 4.79 Å². The number of carbonyl (C=O) groups is 1. The average molecular weight is 288 g/mol. The Labute approximate surface area is 122 Å². The van der Waals surface area contributed by atoms with Gasteiger partial charge in [-0.2, -0.15) is 0 Å². The molecule has 1 amide bonds. The second-order valence-electron chi connectivity index (χ2n) is 4.37. The van der Waals surface area contributed by atoms with E-state index in [1.807, 2.05) is 18.4 Å². The molecule has 2 heterocycles. The summed E-state index contributed by atoms with van der Waals surface area (Å²) in [5, 5.41) is 1.82. The lowest BCUT2D eigenvalue weighted by Crippen LogP contribution is -2.25. The first-order valence-electron chi connectivity index (χ1n) is 6.17. The highest BCUT2D eigenvalue weighted by atomic mass is 32.1. The molecule has 4 nitrogen and oxygen atoms in total. The molecule has 5 heteroatoms. The van der Waals surface area contributed by atoms with Crippen LogP contribution in [-0.2, 0) is 6.54 Å². The van der Waals surface area contributed by atoms with Crippen molar-refractivity contribution in [1.29, 1.82) is 0 Å². The molecular formula is C15H16N2O2S. The number of aryl methyl sites for hydroxylation is 1. The van der Waals surface area contributed by atoms with Crippen LogP contribution in [0.4, 0.5) is 0 Å².